The summed E-state index contributed by atoms with van der Waals surface area (Å²) in [6.07, 6.45) is -0.328. The van der Waals surface area contributed by atoms with Gasteiger partial charge in [0.15, 0.2) is 0 Å². The molecule has 0 heterocycles. The van der Waals surface area contributed by atoms with Crippen LogP contribution in [0, 0.1) is 6.92 Å². The van der Waals surface area contributed by atoms with Crippen LogP contribution in [0.3, 0.4) is 0 Å². The first kappa shape index (κ1) is 22.6. The number of halogens is 1. The van der Waals surface area contributed by atoms with E-state index in [9.17, 15) is 14.4 Å². The molecule has 0 aliphatic heterocycles. The number of methoxy groups -OCH3 is 1. The van der Waals surface area contributed by atoms with Crippen molar-refractivity contribution >= 4 is 52.5 Å². The first-order valence-electron chi connectivity index (χ1n) is 8.67. The predicted molar refractivity (Wildman–Crippen MR) is 114 cm³/mol. The molecule has 29 heavy (non-hydrogen) atoms. The number of hydrogen-bond donors (Lipinski definition) is 3. The summed E-state index contributed by atoms with van der Waals surface area (Å²) in [7, 11) is 1.50. The molecule has 0 saturated heterocycles. The molecule has 0 spiro atoms. The summed E-state index contributed by atoms with van der Waals surface area (Å²) >= 11 is 7.38. The predicted octanol–water partition coefficient (Wildman–Crippen LogP) is 4.19. The molecule has 0 aromatic heterocycles. The highest BCUT2D eigenvalue weighted by atomic mass is 35.5. The number of amides is 2. The van der Waals surface area contributed by atoms with Gasteiger partial charge in [0.25, 0.3) is 0 Å². The number of carbonyl (C=O) groups excluding carboxylic acids is 2. The van der Waals surface area contributed by atoms with E-state index in [1.165, 1.54) is 18.9 Å². The first-order chi connectivity index (χ1) is 13.8. The van der Waals surface area contributed by atoms with Crippen LogP contribution in [0.5, 0.6) is 5.75 Å². The molecule has 7 nitrogen and oxygen atoms in total. The van der Waals surface area contributed by atoms with Gasteiger partial charge >= 0.3 is 5.97 Å². The van der Waals surface area contributed by atoms with Crippen molar-refractivity contribution in [1.29, 1.82) is 0 Å². The maximum absolute atomic E-state index is 12.3. The van der Waals surface area contributed by atoms with Crippen LogP contribution in [0.25, 0.3) is 0 Å². The quantitative estimate of drug-likeness (QED) is 0.509. The zero-order valence-electron chi connectivity index (χ0n) is 16.0. The lowest BCUT2D eigenvalue weighted by atomic mass is 10.2. The molecule has 0 aliphatic carbocycles. The fourth-order valence-electron chi connectivity index (χ4n) is 2.37. The van der Waals surface area contributed by atoms with Gasteiger partial charge in [-0.05, 0) is 36.8 Å². The molecule has 0 fully saturated rings. The average Bonchev–Trinajstić information content (AvgIpc) is 2.67. The molecule has 154 valence electrons. The minimum absolute atomic E-state index is 0.0998. The van der Waals surface area contributed by atoms with Crippen LogP contribution < -0.4 is 15.4 Å². The lowest BCUT2D eigenvalue weighted by molar-refractivity contribution is -0.138. The summed E-state index contributed by atoms with van der Waals surface area (Å²) in [6.45, 7) is 1.84. The van der Waals surface area contributed by atoms with Gasteiger partial charge in [0.1, 0.15) is 5.75 Å². The number of thioether (sulfide) groups is 1. The largest absolute Gasteiger partial charge is 0.495 e. The fourth-order valence-corrected chi connectivity index (χ4v) is 3.28. The van der Waals surface area contributed by atoms with Crippen molar-refractivity contribution in [3.05, 3.63) is 47.0 Å². The van der Waals surface area contributed by atoms with Crippen molar-refractivity contribution < 1.29 is 24.2 Å². The van der Waals surface area contributed by atoms with Crippen molar-refractivity contribution in [2.24, 2.45) is 0 Å². The van der Waals surface area contributed by atoms with Crippen LogP contribution >= 0.6 is 23.4 Å². The fraction of sp³-hybridized carbons (Fsp3) is 0.250. The third-order valence-electron chi connectivity index (χ3n) is 3.81. The minimum atomic E-state index is -1.03. The summed E-state index contributed by atoms with van der Waals surface area (Å²) in [5.74, 6) is -0.988. The van der Waals surface area contributed by atoms with Gasteiger partial charge in [0, 0.05) is 28.1 Å². The Balaban J connectivity index is 1.93. The third kappa shape index (κ3) is 7.32. The molecule has 0 unspecified atom stereocenters. The lowest BCUT2D eigenvalue weighted by Crippen LogP contribution is -2.15. The van der Waals surface area contributed by atoms with Gasteiger partial charge < -0.3 is 20.5 Å². The number of nitrogens with one attached hydrogen (secondary N) is 2. The van der Waals surface area contributed by atoms with Crippen LogP contribution in [0.4, 0.5) is 11.4 Å². The van der Waals surface area contributed by atoms with E-state index < -0.39 is 5.97 Å². The maximum Gasteiger partial charge on any atom is 0.303 e. The van der Waals surface area contributed by atoms with E-state index in [1.807, 2.05) is 13.0 Å². The van der Waals surface area contributed by atoms with E-state index >= 15 is 0 Å². The summed E-state index contributed by atoms with van der Waals surface area (Å²) in [6, 6.07) is 10.4. The topological polar surface area (TPSA) is 105 Å². The standard InChI is InChI=1S/C20H21ClN2O5S/c1-12-8-16(17(28-2)10-15(12)21)23-19(25)11-29-14-5-3-4-13(9-14)22-18(24)6-7-20(26)27/h3-5,8-10H,6-7,11H2,1-2H3,(H,22,24)(H,23,25)(H,26,27). The van der Waals surface area contributed by atoms with Gasteiger partial charge in [0.2, 0.25) is 11.8 Å². The van der Waals surface area contributed by atoms with Crippen molar-refractivity contribution in [2.75, 3.05) is 23.5 Å². The Morgan fingerprint density at radius 1 is 1.10 bits per heavy atom. The Bertz CT molecular complexity index is 920. The first-order valence-corrected chi connectivity index (χ1v) is 10.0. The monoisotopic (exact) mass is 436 g/mol. The molecule has 2 rings (SSSR count). The van der Waals surface area contributed by atoms with Gasteiger partial charge in [-0.25, -0.2) is 0 Å². The third-order valence-corrected chi connectivity index (χ3v) is 5.21. The second-order valence-electron chi connectivity index (χ2n) is 6.11. The summed E-state index contributed by atoms with van der Waals surface area (Å²) in [5, 5.41) is 14.6. The van der Waals surface area contributed by atoms with Crippen LogP contribution in [0.2, 0.25) is 5.02 Å². The van der Waals surface area contributed by atoms with Crippen molar-refractivity contribution in [3.63, 3.8) is 0 Å². The van der Waals surface area contributed by atoms with E-state index in [0.717, 1.165) is 10.5 Å². The Hall–Kier alpha value is -2.71. The van der Waals surface area contributed by atoms with Gasteiger partial charge in [-0.15, -0.1) is 11.8 Å². The summed E-state index contributed by atoms with van der Waals surface area (Å²) < 4.78 is 5.25. The SMILES string of the molecule is COc1cc(Cl)c(C)cc1NC(=O)CSc1cccc(NC(=O)CCC(=O)O)c1. The highest BCUT2D eigenvalue weighted by molar-refractivity contribution is 8.00. The normalized spacial score (nSPS) is 10.3. The Morgan fingerprint density at radius 3 is 2.55 bits per heavy atom. The number of aryl methyl sites for hydroxylation is 1. The van der Waals surface area contributed by atoms with Crippen LogP contribution in [-0.4, -0.2) is 35.8 Å². The van der Waals surface area contributed by atoms with Crippen molar-refractivity contribution in [2.45, 2.75) is 24.7 Å². The Labute approximate surface area is 177 Å². The number of rotatable bonds is 9. The molecule has 2 aromatic carbocycles. The van der Waals surface area contributed by atoms with Gasteiger partial charge in [-0.1, -0.05) is 17.7 Å². The Morgan fingerprint density at radius 2 is 1.86 bits per heavy atom. The highest BCUT2D eigenvalue weighted by Crippen LogP contribution is 2.31. The summed E-state index contributed by atoms with van der Waals surface area (Å²) in [5.41, 5.74) is 1.90. The number of ether oxygens (including phenoxy) is 1. The van der Waals surface area contributed by atoms with Crippen LogP contribution in [0.15, 0.2) is 41.3 Å². The van der Waals surface area contributed by atoms with Gasteiger partial charge in [-0.2, -0.15) is 0 Å². The van der Waals surface area contributed by atoms with E-state index in [-0.39, 0.29) is 30.4 Å². The number of carbonyl (C=O) groups is 3. The number of aliphatic carboxylic acids is 1. The molecule has 2 amide bonds. The van der Waals surface area contributed by atoms with Gasteiger partial charge in [0.05, 0.1) is 25.0 Å². The van der Waals surface area contributed by atoms with Crippen LogP contribution in [0.1, 0.15) is 18.4 Å². The van der Waals surface area contributed by atoms with E-state index in [4.69, 9.17) is 21.4 Å². The number of benzene rings is 2. The average molecular weight is 437 g/mol. The second-order valence-corrected chi connectivity index (χ2v) is 7.56. The van der Waals surface area contributed by atoms with Crippen molar-refractivity contribution in [1.82, 2.24) is 0 Å². The highest BCUT2D eigenvalue weighted by Gasteiger charge is 2.11. The number of carboxylic acids is 1. The number of hydrogen-bond acceptors (Lipinski definition) is 5. The van der Waals surface area contributed by atoms with Crippen molar-refractivity contribution in [3.8, 4) is 5.75 Å². The summed E-state index contributed by atoms with van der Waals surface area (Å²) in [4.78, 5) is 35.4. The molecule has 0 radical (unpaired) electrons. The number of carboxylic acid groups (broad SMARTS) is 1. The molecule has 3 N–H and O–H groups in total. The molecular weight excluding hydrogens is 416 g/mol. The lowest BCUT2D eigenvalue weighted by Gasteiger charge is -2.12. The molecular formula is C20H21ClN2O5S. The second kappa shape index (κ2) is 10.7. The van der Waals surface area contributed by atoms with Gasteiger partial charge in [-0.3, -0.25) is 14.4 Å². The maximum atomic E-state index is 12.3. The molecule has 0 atom stereocenters. The zero-order valence-corrected chi connectivity index (χ0v) is 17.5. The molecule has 2 aromatic rings. The Kier molecular flexibility index (Phi) is 8.35. The molecule has 0 bridgehead atoms. The van der Waals surface area contributed by atoms with E-state index in [1.54, 1.807) is 30.3 Å². The molecule has 9 heteroatoms. The zero-order chi connectivity index (χ0) is 21.4. The van der Waals surface area contributed by atoms with E-state index in [0.29, 0.717) is 22.1 Å². The smallest absolute Gasteiger partial charge is 0.303 e. The number of anilines is 2. The molecule has 0 aliphatic rings. The van der Waals surface area contributed by atoms with E-state index in [2.05, 4.69) is 10.6 Å². The van der Waals surface area contributed by atoms with Crippen LogP contribution in [-0.2, 0) is 14.4 Å². The minimum Gasteiger partial charge on any atom is -0.495 e. The molecule has 0 saturated carbocycles.